The average molecular weight is 278 g/mol. The molecule has 1 aromatic heterocycles. The lowest BCUT2D eigenvalue weighted by Crippen LogP contribution is -2.37. The van der Waals surface area contributed by atoms with Crippen molar-refractivity contribution in [3.05, 3.63) is 18.2 Å². The first-order valence-electron chi connectivity index (χ1n) is 7.66. The predicted octanol–water partition coefficient (Wildman–Crippen LogP) is 1.78. The minimum atomic E-state index is 0.146. The molecule has 0 spiro atoms. The van der Waals surface area contributed by atoms with E-state index in [0.29, 0.717) is 19.0 Å². The van der Waals surface area contributed by atoms with Gasteiger partial charge >= 0.3 is 0 Å². The normalized spacial score (nSPS) is 20.0. The number of rotatable bonds is 6. The highest BCUT2D eigenvalue weighted by atomic mass is 16.1. The van der Waals surface area contributed by atoms with Crippen molar-refractivity contribution in [2.24, 2.45) is 0 Å². The molecule has 1 saturated heterocycles. The molecule has 0 unspecified atom stereocenters. The molecule has 1 atom stereocenters. The summed E-state index contributed by atoms with van der Waals surface area (Å²) in [6.07, 6.45) is 9.03. The summed E-state index contributed by atoms with van der Waals surface area (Å²) in [5.74, 6) is 0.146. The number of likely N-dealkylation sites (tertiary alicyclic amines) is 1. The van der Waals surface area contributed by atoms with Crippen LogP contribution in [0.2, 0.25) is 0 Å². The van der Waals surface area contributed by atoms with Gasteiger partial charge in [-0.2, -0.15) is 0 Å². The fraction of sp³-hybridized carbons (Fsp3) is 0.733. The van der Waals surface area contributed by atoms with E-state index in [4.69, 9.17) is 0 Å². The third-order valence-electron chi connectivity index (χ3n) is 4.23. The molecule has 0 bridgehead atoms. The van der Waals surface area contributed by atoms with Crippen molar-refractivity contribution in [3.63, 3.8) is 0 Å². The lowest BCUT2D eigenvalue weighted by molar-refractivity contribution is -0.121. The molecule has 1 N–H and O–H groups in total. The van der Waals surface area contributed by atoms with Gasteiger partial charge in [0.2, 0.25) is 5.91 Å². The van der Waals surface area contributed by atoms with Crippen LogP contribution < -0.4 is 5.32 Å². The maximum absolute atomic E-state index is 11.9. The molecule has 1 fully saturated rings. The number of nitrogens with one attached hydrogen (secondary N) is 1. The maximum Gasteiger partial charge on any atom is 0.220 e. The quantitative estimate of drug-likeness (QED) is 0.863. The van der Waals surface area contributed by atoms with Gasteiger partial charge in [-0.05, 0) is 39.8 Å². The Morgan fingerprint density at radius 2 is 2.35 bits per heavy atom. The zero-order chi connectivity index (χ0) is 14.4. The second kappa shape index (κ2) is 7.43. The van der Waals surface area contributed by atoms with Crippen molar-refractivity contribution < 1.29 is 4.79 Å². The van der Waals surface area contributed by atoms with Crippen LogP contribution >= 0.6 is 0 Å². The van der Waals surface area contributed by atoms with Gasteiger partial charge in [0.15, 0.2) is 0 Å². The fourth-order valence-electron chi connectivity index (χ4n) is 2.86. The minimum Gasteiger partial charge on any atom is -0.350 e. The lowest BCUT2D eigenvalue weighted by Gasteiger charge is -2.32. The second-order valence-corrected chi connectivity index (χ2v) is 5.62. The number of amides is 1. The van der Waals surface area contributed by atoms with Gasteiger partial charge in [-0.25, -0.2) is 4.98 Å². The van der Waals surface area contributed by atoms with Crippen molar-refractivity contribution in [2.45, 2.75) is 58.2 Å². The molecule has 112 valence electrons. The van der Waals surface area contributed by atoms with E-state index in [1.807, 2.05) is 6.20 Å². The highest BCUT2D eigenvalue weighted by Gasteiger charge is 2.19. The Bertz CT molecular complexity index is 429. The van der Waals surface area contributed by atoms with Crippen LogP contribution in [0.4, 0.5) is 0 Å². The summed E-state index contributed by atoms with van der Waals surface area (Å²) in [5, 5.41) is 3.00. The molecule has 1 aliphatic rings. The molecule has 5 heteroatoms. The number of aryl methyl sites for hydroxylation is 1. The van der Waals surface area contributed by atoms with Crippen LogP contribution in [-0.2, 0) is 17.9 Å². The number of piperidine rings is 1. The van der Waals surface area contributed by atoms with E-state index in [1.165, 1.54) is 25.8 Å². The Hall–Kier alpha value is -1.36. The van der Waals surface area contributed by atoms with Gasteiger partial charge in [-0.15, -0.1) is 0 Å². The summed E-state index contributed by atoms with van der Waals surface area (Å²) in [7, 11) is 2.17. The van der Waals surface area contributed by atoms with Gasteiger partial charge in [0, 0.05) is 25.2 Å². The van der Waals surface area contributed by atoms with E-state index < -0.39 is 0 Å². The van der Waals surface area contributed by atoms with Crippen LogP contribution in [0.5, 0.6) is 0 Å². The van der Waals surface area contributed by atoms with Gasteiger partial charge in [0.05, 0.1) is 18.6 Å². The molecule has 2 rings (SSSR count). The zero-order valence-corrected chi connectivity index (χ0v) is 12.6. The molecular weight excluding hydrogens is 252 g/mol. The second-order valence-electron chi connectivity index (χ2n) is 5.62. The number of nitrogens with zero attached hydrogens (tertiary/aromatic N) is 3. The number of carbonyl (C=O) groups is 1. The molecule has 0 aliphatic carbocycles. The minimum absolute atomic E-state index is 0.146. The first-order valence-corrected chi connectivity index (χ1v) is 7.66. The van der Waals surface area contributed by atoms with Crippen molar-refractivity contribution in [1.29, 1.82) is 0 Å². The Morgan fingerprint density at radius 3 is 3.10 bits per heavy atom. The van der Waals surface area contributed by atoms with Gasteiger partial charge in [0.25, 0.3) is 0 Å². The standard InChI is InChI=1S/C15H26N4O/c1-3-19-12-16-10-14(19)11-17-15(20)8-7-13-6-4-5-9-18(13)2/h10,12-13H,3-9,11H2,1-2H3,(H,17,20)/t13-/m1/s1. The number of aromatic nitrogens is 2. The van der Waals surface area contributed by atoms with Crippen LogP contribution in [-0.4, -0.2) is 40.0 Å². The Balaban J connectivity index is 1.70. The SMILES string of the molecule is CCn1cncc1CNC(=O)CC[C@H]1CCCCN1C. The van der Waals surface area contributed by atoms with Crippen LogP contribution in [0.3, 0.4) is 0 Å². The van der Waals surface area contributed by atoms with Crippen molar-refractivity contribution in [1.82, 2.24) is 19.8 Å². The Kier molecular flexibility index (Phi) is 5.59. The van der Waals surface area contributed by atoms with Gasteiger partial charge in [-0.1, -0.05) is 6.42 Å². The van der Waals surface area contributed by atoms with E-state index in [1.54, 1.807) is 6.33 Å². The summed E-state index contributed by atoms with van der Waals surface area (Å²) < 4.78 is 2.05. The average Bonchev–Trinajstić information content (AvgIpc) is 2.91. The molecule has 0 radical (unpaired) electrons. The van der Waals surface area contributed by atoms with Crippen LogP contribution in [0, 0.1) is 0 Å². The first kappa shape index (κ1) is 15.0. The van der Waals surface area contributed by atoms with Crippen molar-refractivity contribution in [3.8, 4) is 0 Å². The van der Waals surface area contributed by atoms with Crippen LogP contribution in [0.25, 0.3) is 0 Å². The molecule has 2 heterocycles. The van der Waals surface area contributed by atoms with Crippen LogP contribution in [0.1, 0.15) is 44.7 Å². The highest BCUT2D eigenvalue weighted by molar-refractivity contribution is 5.75. The third kappa shape index (κ3) is 4.07. The molecule has 1 aliphatic heterocycles. The maximum atomic E-state index is 11.9. The number of hydrogen-bond donors (Lipinski definition) is 1. The number of carbonyl (C=O) groups excluding carboxylic acids is 1. The molecular formula is C15H26N4O. The van der Waals surface area contributed by atoms with E-state index in [-0.39, 0.29) is 5.91 Å². The summed E-state index contributed by atoms with van der Waals surface area (Å²) in [5.41, 5.74) is 1.07. The fourth-order valence-corrected chi connectivity index (χ4v) is 2.86. The van der Waals surface area contributed by atoms with E-state index in [0.717, 1.165) is 18.7 Å². The predicted molar refractivity (Wildman–Crippen MR) is 79.3 cm³/mol. The zero-order valence-electron chi connectivity index (χ0n) is 12.6. The Labute approximate surface area is 121 Å². The first-order chi connectivity index (χ1) is 9.70. The largest absolute Gasteiger partial charge is 0.350 e. The summed E-state index contributed by atoms with van der Waals surface area (Å²) in [6, 6.07) is 0.579. The molecule has 20 heavy (non-hydrogen) atoms. The lowest BCUT2D eigenvalue weighted by atomic mass is 9.98. The molecule has 1 amide bonds. The molecule has 1 aromatic rings. The summed E-state index contributed by atoms with van der Waals surface area (Å²) >= 11 is 0. The monoisotopic (exact) mass is 278 g/mol. The third-order valence-corrected chi connectivity index (χ3v) is 4.23. The number of hydrogen-bond acceptors (Lipinski definition) is 3. The highest BCUT2D eigenvalue weighted by Crippen LogP contribution is 2.18. The van der Waals surface area contributed by atoms with Crippen LogP contribution in [0.15, 0.2) is 12.5 Å². The van der Waals surface area contributed by atoms with E-state index in [2.05, 4.69) is 33.7 Å². The van der Waals surface area contributed by atoms with Gasteiger partial charge in [0.1, 0.15) is 0 Å². The van der Waals surface area contributed by atoms with Gasteiger partial charge in [-0.3, -0.25) is 4.79 Å². The number of imidazole rings is 1. The summed E-state index contributed by atoms with van der Waals surface area (Å²) in [6.45, 7) is 4.71. The van der Waals surface area contributed by atoms with E-state index >= 15 is 0 Å². The molecule has 0 aromatic carbocycles. The topological polar surface area (TPSA) is 50.2 Å². The summed E-state index contributed by atoms with van der Waals surface area (Å²) in [4.78, 5) is 18.4. The molecule has 0 saturated carbocycles. The Morgan fingerprint density at radius 1 is 1.50 bits per heavy atom. The van der Waals surface area contributed by atoms with Crippen molar-refractivity contribution >= 4 is 5.91 Å². The van der Waals surface area contributed by atoms with Crippen molar-refractivity contribution in [2.75, 3.05) is 13.6 Å². The van der Waals surface area contributed by atoms with E-state index in [9.17, 15) is 4.79 Å². The molecule has 5 nitrogen and oxygen atoms in total. The van der Waals surface area contributed by atoms with Gasteiger partial charge < -0.3 is 14.8 Å². The smallest absolute Gasteiger partial charge is 0.220 e.